The standard InChI is InChI=1S/C15H24N2O/c1-12-4-5-13(10-15(12)18-3)11-17(2)14-6-8-16-9-7-14/h4-5,10,14,16H,6-9,11H2,1-3H3. The van der Waals surface area contributed by atoms with E-state index in [1.54, 1.807) is 7.11 Å². The third-order valence-electron chi connectivity index (χ3n) is 3.84. The summed E-state index contributed by atoms with van der Waals surface area (Å²) >= 11 is 0. The second-order valence-corrected chi connectivity index (χ2v) is 5.20. The van der Waals surface area contributed by atoms with Crippen LogP contribution in [0.5, 0.6) is 5.75 Å². The van der Waals surface area contributed by atoms with Crippen molar-refractivity contribution in [3.05, 3.63) is 29.3 Å². The van der Waals surface area contributed by atoms with Crippen LogP contribution < -0.4 is 10.1 Å². The summed E-state index contributed by atoms with van der Waals surface area (Å²) in [5, 5.41) is 3.41. The van der Waals surface area contributed by atoms with E-state index >= 15 is 0 Å². The predicted molar refractivity (Wildman–Crippen MR) is 75.1 cm³/mol. The van der Waals surface area contributed by atoms with Gasteiger partial charge in [0.1, 0.15) is 5.75 Å². The minimum absolute atomic E-state index is 0.707. The predicted octanol–water partition coefficient (Wildman–Crippen LogP) is 2.19. The van der Waals surface area contributed by atoms with Crippen LogP contribution in [0.4, 0.5) is 0 Å². The van der Waals surface area contributed by atoms with Gasteiger partial charge in [-0.3, -0.25) is 4.90 Å². The van der Waals surface area contributed by atoms with Crippen LogP contribution in [0.15, 0.2) is 18.2 Å². The van der Waals surface area contributed by atoms with E-state index in [0.717, 1.165) is 25.4 Å². The van der Waals surface area contributed by atoms with Crippen molar-refractivity contribution in [3.8, 4) is 5.75 Å². The molecule has 0 bridgehead atoms. The molecule has 2 rings (SSSR count). The Morgan fingerprint density at radius 3 is 2.72 bits per heavy atom. The Morgan fingerprint density at radius 2 is 2.06 bits per heavy atom. The van der Waals surface area contributed by atoms with E-state index < -0.39 is 0 Å². The number of aryl methyl sites for hydroxylation is 1. The highest BCUT2D eigenvalue weighted by Crippen LogP contribution is 2.21. The van der Waals surface area contributed by atoms with Crippen molar-refractivity contribution >= 4 is 0 Å². The van der Waals surface area contributed by atoms with Crippen molar-refractivity contribution < 1.29 is 4.74 Å². The fraction of sp³-hybridized carbons (Fsp3) is 0.600. The lowest BCUT2D eigenvalue weighted by molar-refractivity contribution is 0.191. The van der Waals surface area contributed by atoms with E-state index in [0.29, 0.717) is 6.04 Å². The number of rotatable bonds is 4. The Bertz CT molecular complexity index is 386. The first-order valence-corrected chi connectivity index (χ1v) is 6.75. The highest BCUT2D eigenvalue weighted by Gasteiger charge is 2.17. The van der Waals surface area contributed by atoms with Crippen molar-refractivity contribution in [2.45, 2.75) is 32.4 Å². The zero-order valence-corrected chi connectivity index (χ0v) is 11.7. The molecule has 0 aromatic heterocycles. The first-order valence-electron chi connectivity index (χ1n) is 6.75. The Balaban J connectivity index is 1.99. The molecule has 1 saturated heterocycles. The average molecular weight is 248 g/mol. The lowest BCUT2D eigenvalue weighted by Gasteiger charge is -2.31. The molecule has 1 aliphatic heterocycles. The van der Waals surface area contributed by atoms with Gasteiger partial charge in [-0.25, -0.2) is 0 Å². The summed E-state index contributed by atoms with van der Waals surface area (Å²) in [4.78, 5) is 2.46. The number of nitrogens with one attached hydrogen (secondary N) is 1. The number of piperidine rings is 1. The van der Waals surface area contributed by atoms with Gasteiger partial charge in [0.2, 0.25) is 0 Å². The third kappa shape index (κ3) is 3.24. The summed E-state index contributed by atoms with van der Waals surface area (Å²) in [6, 6.07) is 7.21. The van der Waals surface area contributed by atoms with Gasteiger partial charge < -0.3 is 10.1 Å². The van der Waals surface area contributed by atoms with Crippen LogP contribution in [-0.2, 0) is 6.54 Å². The molecule has 3 heteroatoms. The van der Waals surface area contributed by atoms with Crippen LogP contribution in [0.2, 0.25) is 0 Å². The van der Waals surface area contributed by atoms with Gasteiger partial charge in [-0.15, -0.1) is 0 Å². The molecule has 1 fully saturated rings. The fourth-order valence-corrected chi connectivity index (χ4v) is 2.63. The van der Waals surface area contributed by atoms with Crippen LogP contribution in [0.25, 0.3) is 0 Å². The molecule has 0 aliphatic carbocycles. The summed E-state index contributed by atoms with van der Waals surface area (Å²) in [7, 11) is 3.96. The summed E-state index contributed by atoms with van der Waals surface area (Å²) in [5.41, 5.74) is 2.53. The molecule has 1 aromatic rings. The number of benzene rings is 1. The molecular formula is C15H24N2O. The first-order chi connectivity index (χ1) is 8.70. The van der Waals surface area contributed by atoms with Crippen molar-refractivity contribution in [3.63, 3.8) is 0 Å². The summed E-state index contributed by atoms with van der Waals surface area (Å²) < 4.78 is 5.38. The molecule has 18 heavy (non-hydrogen) atoms. The Labute approximate surface area is 110 Å². The maximum atomic E-state index is 5.38. The van der Waals surface area contributed by atoms with E-state index in [4.69, 9.17) is 4.74 Å². The second-order valence-electron chi connectivity index (χ2n) is 5.20. The van der Waals surface area contributed by atoms with Gasteiger partial charge >= 0.3 is 0 Å². The Hall–Kier alpha value is -1.06. The molecule has 100 valence electrons. The second kappa shape index (κ2) is 6.21. The minimum Gasteiger partial charge on any atom is -0.496 e. The number of hydrogen-bond acceptors (Lipinski definition) is 3. The van der Waals surface area contributed by atoms with Gasteiger partial charge in [0.25, 0.3) is 0 Å². The highest BCUT2D eigenvalue weighted by molar-refractivity contribution is 5.36. The minimum atomic E-state index is 0.707. The maximum absolute atomic E-state index is 5.38. The van der Waals surface area contributed by atoms with Gasteiger partial charge in [0.15, 0.2) is 0 Å². The zero-order valence-electron chi connectivity index (χ0n) is 11.7. The molecule has 0 atom stereocenters. The van der Waals surface area contributed by atoms with E-state index in [-0.39, 0.29) is 0 Å². The number of methoxy groups -OCH3 is 1. The molecule has 0 radical (unpaired) electrons. The topological polar surface area (TPSA) is 24.5 Å². The lowest BCUT2D eigenvalue weighted by Crippen LogP contribution is -2.40. The normalized spacial score (nSPS) is 17.1. The van der Waals surface area contributed by atoms with Crippen molar-refractivity contribution in [2.75, 3.05) is 27.2 Å². The smallest absolute Gasteiger partial charge is 0.122 e. The van der Waals surface area contributed by atoms with Gasteiger partial charge in [-0.05, 0) is 57.1 Å². The first kappa shape index (κ1) is 13.4. The van der Waals surface area contributed by atoms with E-state index in [9.17, 15) is 0 Å². The van der Waals surface area contributed by atoms with Gasteiger partial charge in [0, 0.05) is 12.6 Å². The number of nitrogens with zero attached hydrogens (tertiary/aromatic N) is 1. The maximum Gasteiger partial charge on any atom is 0.122 e. The van der Waals surface area contributed by atoms with E-state index in [1.807, 2.05) is 0 Å². The van der Waals surface area contributed by atoms with E-state index in [2.05, 4.69) is 42.4 Å². The SMILES string of the molecule is COc1cc(CN(C)C2CCNCC2)ccc1C. The number of ether oxygens (including phenoxy) is 1. The molecule has 1 aromatic carbocycles. The van der Waals surface area contributed by atoms with Crippen LogP contribution in [0, 0.1) is 6.92 Å². The fourth-order valence-electron chi connectivity index (χ4n) is 2.63. The zero-order chi connectivity index (χ0) is 13.0. The van der Waals surface area contributed by atoms with Crippen LogP contribution in [-0.4, -0.2) is 38.2 Å². The highest BCUT2D eigenvalue weighted by atomic mass is 16.5. The van der Waals surface area contributed by atoms with Crippen LogP contribution >= 0.6 is 0 Å². The van der Waals surface area contributed by atoms with Crippen molar-refractivity contribution in [1.29, 1.82) is 0 Å². The van der Waals surface area contributed by atoms with Gasteiger partial charge in [-0.1, -0.05) is 12.1 Å². The molecule has 0 amide bonds. The van der Waals surface area contributed by atoms with Crippen LogP contribution in [0.1, 0.15) is 24.0 Å². The van der Waals surface area contributed by atoms with Gasteiger partial charge in [0.05, 0.1) is 7.11 Å². The molecule has 1 heterocycles. The van der Waals surface area contributed by atoms with Crippen LogP contribution in [0.3, 0.4) is 0 Å². The third-order valence-corrected chi connectivity index (χ3v) is 3.84. The molecule has 0 saturated carbocycles. The lowest BCUT2D eigenvalue weighted by atomic mass is 10.0. The Morgan fingerprint density at radius 1 is 1.33 bits per heavy atom. The van der Waals surface area contributed by atoms with Crippen molar-refractivity contribution in [1.82, 2.24) is 10.2 Å². The number of hydrogen-bond donors (Lipinski definition) is 1. The molecule has 0 spiro atoms. The molecular weight excluding hydrogens is 224 g/mol. The quantitative estimate of drug-likeness (QED) is 0.884. The van der Waals surface area contributed by atoms with Crippen molar-refractivity contribution in [2.24, 2.45) is 0 Å². The van der Waals surface area contributed by atoms with Gasteiger partial charge in [-0.2, -0.15) is 0 Å². The summed E-state index contributed by atoms with van der Waals surface area (Å²) in [6.07, 6.45) is 2.50. The summed E-state index contributed by atoms with van der Waals surface area (Å²) in [5.74, 6) is 0.992. The monoisotopic (exact) mass is 248 g/mol. The molecule has 3 nitrogen and oxygen atoms in total. The Kier molecular flexibility index (Phi) is 4.61. The largest absolute Gasteiger partial charge is 0.496 e. The molecule has 1 aliphatic rings. The summed E-state index contributed by atoms with van der Waals surface area (Å²) in [6.45, 7) is 5.37. The molecule has 1 N–H and O–H groups in total. The molecule has 0 unspecified atom stereocenters. The average Bonchev–Trinajstić information content (AvgIpc) is 2.42. The van der Waals surface area contributed by atoms with E-state index in [1.165, 1.54) is 24.0 Å².